The van der Waals surface area contributed by atoms with Crippen LogP contribution in [0.3, 0.4) is 0 Å². The maximum atomic E-state index is 11.0. The van der Waals surface area contributed by atoms with Crippen molar-refractivity contribution in [3.63, 3.8) is 0 Å². The van der Waals surface area contributed by atoms with Gasteiger partial charge in [-0.2, -0.15) is 0 Å². The summed E-state index contributed by atoms with van der Waals surface area (Å²) in [6, 6.07) is 0. The molecule has 1 rings (SSSR count). The second kappa shape index (κ2) is 8.43. The summed E-state index contributed by atoms with van der Waals surface area (Å²) in [5.74, 6) is -0.0821. The highest BCUT2D eigenvalue weighted by Crippen LogP contribution is 2.30. The van der Waals surface area contributed by atoms with Crippen LogP contribution >= 0.6 is 11.8 Å². The van der Waals surface area contributed by atoms with Gasteiger partial charge in [0.2, 0.25) is 0 Å². The van der Waals surface area contributed by atoms with Crippen LogP contribution in [0, 0.1) is 0 Å². The third kappa shape index (κ3) is 5.65. The van der Waals surface area contributed by atoms with E-state index < -0.39 is 46.3 Å². The summed E-state index contributed by atoms with van der Waals surface area (Å²) in [5.41, 5.74) is -1.06. The zero-order valence-electron chi connectivity index (χ0n) is 11.9. The van der Waals surface area contributed by atoms with E-state index in [1.54, 1.807) is 0 Å². The standard InChI is InChI=1S/C11H21NO8S2/c1-22(18,19)4-2-3-7(12-17)21-11-10(16)9(15)8(14)6(5-13)20-11/h6,8-11,13-17H,2-5H2,1H3/t6-,8-,9+,10-,11+/m1/s1. The van der Waals surface area contributed by atoms with Crippen molar-refractivity contribution >= 4 is 26.6 Å². The van der Waals surface area contributed by atoms with Gasteiger partial charge in [-0.15, -0.1) is 0 Å². The minimum Gasteiger partial charge on any atom is -0.410 e. The van der Waals surface area contributed by atoms with Gasteiger partial charge in [0.15, 0.2) is 0 Å². The molecule has 130 valence electrons. The molecule has 1 saturated heterocycles. The first-order valence-electron chi connectivity index (χ1n) is 6.55. The molecule has 0 aliphatic carbocycles. The Morgan fingerprint density at radius 3 is 2.36 bits per heavy atom. The number of nitrogens with zero attached hydrogens (tertiary/aromatic N) is 1. The van der Waals surface area contributed by atoms with Crippen LogP contribution in [0.4, 0.5) is 0 Å². The molecular weight excluding hydrogens is 338 g/mol. The fraction of sp³-hybridized carbons (Fsp3) is 0.909. The summed E-state index contributed by atoms with van der Waals surface area (Å²) < 4.78 is 27.3. The molecule has 1 aliphatic rings. The second-order valence-electron chi connectivity index (χ2n) is 5.04. The van der Waals surface area contributed by atoms with Crippen molar-refractivity contribution in [2.24, 2.45) is 5.16 Å². The van der Waals surface area contributed by atoms with Crippen molar-refractivity contribution in [2.45, 2.75) is 42.7 Å². The van der Waals surface area contributed by atoms with Crippen LogP contribution in [-0.2, 0) is 14.6 Å². The van der Waals surface area contributed by atoms with Crippen LogP contribution in [-0.4, -0.2) is 87.6 Å². The van der Waals surface area contributed by atoms with E-state index in [4.69, 9.17) is 15.1 Å². The first kappa shape index (κ1) is 19.6. The van der Waals surface area contributed by atoms with Crippen molar-refractivity contribution in [2.75, 3.05) is 18.6 Å². The summed E-state index contributed by atoms with van der Waals surface area (Å²) in [6.07, 6.45) is -4.02. The van der Waals surface area contributed by atoms with Crippen LogP contribution in [0.25, 0.3) is 0 Å². The number of oxime groups is 1. The van der Waals surface area contributed by atoms with E-state index in [0.717, 1.165) is 18.0 Å². The molecule has 0 unspecified atom stereocenters. The second-order valence-corrected chi connectivity index (χ2v) is 8.47. The molecule has 0 amide bonds. The lowest BCUT2D eigenvalue weighted by atomic mass is 10.0. The number of sulfone groups is 1. The highest BCUT2D eigenvalue weighted by Gasteiger charge is 2.44. The van der Waals surface area contributed by atoms with Crippen molar-refractivity contribution in [3.8, 4) is 0 Å². The number of ether oxygens (including phenoxy) is 1. The average molecular weight is 359 g/mol. The lowest BCUT2D eigenvalue weighted by Crippen LogP contribution is -2.57. The van der Waals surface area contributed by atoms with Crippen molar-refractivity contribution in [1.29, 1.82) is 0 Å². The van der Waals surface area contributed by atoms with Gasteiger partial charge in [-0.1, -0.05) is 16.9 Å². The zero-order valence-corrected chi connectivity index (χ0v) is 13.6. The topological polar surface area (TPSA) is 157 Å². The minimum absolute atomic E-state index is 0.0821. The number of aliphatic hydroxyl groups is 4. The Balaban J connectivity index is 2.62. The first-order chi connectivity index (χ1) is 10.2. The van der Waals surface area contributed by atoms with Crippen molar-refractivity contribution < 1.29 is 38.8 Å². The van der Waals surface area contributed by atoms with E-state index in [2.05, 4.69) is 5.16 Å². The number of rotatable bonds is 6. The van der Waals surface area contributed by atoms with Crippen LogP contribution in [0.1, 0.15) is 12.8 Å². The normalized spacial score (nSPS) is 33.9. The smallest absolute Gasteiger partial charge is 0.147 e. The molecule has 5 N–H and O–H groups in total. The van der Waals surface area contributed by atoms with Gasteiger partial charge in [-0.25, -0.2) is 8.42 Å². The SMILES string of the molecule is CS(=O)(=O)CCCC(=NO)S[C@@H]1O[C@H](CO)[C@@H](O)[C@H](O)[C@H]1O. The Labute approximate surface area is 132 Å². The largest absolute Gasteiger partial charge is 0.410 e. The molecule has 11 heteroatoms. The molecule has 0 bridgehead atoms. The van der Waals surface area contributed by atoms with E-state index >= 15 is 0 Å². The Hall–Kier alpha value is -0.430. The van der Waals surface area contributed by atoms with Gasteiger partial charge in [0.1, 0.15) is 44.7 Å². The van der Waals surface area contributed by atoms with Crippen molar-refractivity contribution in [1.82, 2.24) is 0 Å². The molecule has 0 spiro atoms. The lowest BCUT2D eigenvalue weighted by molar-refractivity contribution is -0.205. The molecule has 1 heterocycles. The van der Waals surface area contributed by atoms with Crippen molar-refractivity contribution in [3.05, 3.63) is 0 Å². The molecule has 1 fully saturated rings. The molecule has 0 aromatic rings. The molecule has 5 atom stereocenters. The summed E-state index contributed by atoms with van der Waals surface area (Å²) in [5, 5.41) is 50.3. The van der Waals surface area contributed by atoms with E-state index in [0.29, 0.717) is 0 Å². The van der Waals surface area contributed by atoms with Gasteiger partial charge in [-0.05, 0) is 6.42 Å². The summed E-state index contributed by atoms with van der Waals surface area (Å²) in [7, 11) is -3.13. The van der Waals surface area contributed by atoms with E-state index in [1.807, 2.05) is 0 Å². The fourth-order valence-electron chi connectivity index (χ4n) is 1.92. The van der Waals surface area contributed by atoms with Crippen LogP contribution in [0.5, 0.6) is 0 Å². The predicted octanol–water partition coefficient (Wildman–Crippen LogP) is -1.87. The molecule has 0 aromatic carbocycles. The Bertz CT molecular complexity index is 480. The minimum atomic E-state index is -3.13. The van der Waals surface area contributed by atoms with Crippen LogP contribution < -0.4 is 0 Å². The summed E-state index contributed by atoms with van der Waals surface area (Å²) in [4.78, 5) is 0. The summed E-state index contributed by atoms with van der Waals surface area (Å²) in [6.45, 7) is -0.554. The molecule has 0 aromatic heterocycles. The molecule has 9 nitrogen and oxygen atoms in total. The van der Waals surface area contributed by atoms with E-state index in [-0.39, 0.29) is 23.6 Å². The molecular formula is C11H21NO8S2. The Morgan fingerprint density at radius 1 is 1.23 bits per heavy atom. The highest BCUT2D eigenvalue weighted by molar-refractivity contribution is 8.14. The predicted molar refractivity (Wildman–Crippen MR) is 79.5 cm³/mol. The number of hydrogen-bond acceptors (Lipinski definition) is 10. The Kier molecular flexibility index (Phi) is 7.52. The van der Waals surface area contributed by atoms with Gasteiger partial charge in [-0.3, -0.25) is 0 Å². The monoisotopic (exact) mass is 359 g/mol. The third-order valence-electron chi connectivity index (χ3n) is 3.12. The fourth-order valence-corrected chi connectivity index (χ4v) is 3.66. The van der Waals surface area contributed by atoms with Gasteiger partial charge in [0.05, 0.1) is 12.4 Å². The Morgan fingerprint density at radius 2 is 1.86 bits per heavy atom. The zero-order chi connectivity index (χ0) is 16.9. The van der Waals surface area contributed by atoms with E-state index in [9.17, 15) is 23.7 Å². The molecule has 1 aliphatic heterocycles. The molecule has 0 saturated carbocycles. The van der Waals surface area contributed by atoms with Gasteiger partial charge >= 0.3 is 0 Å². The van der Waals surface area contributed by atoms with Crippen LogP contribution in [0.15, 0.2) is 5.16 Å². The van der Waals surface area contributed by atoms with E-state index in [1.165, 1.54) is 0 Å². The van der Waals surface area contributed by atoms with Crippen LogP contribution in [0.2, 0.25) is 0 Å². The number of thioether (sulfide) groups is 1. The average Bonchev–Trinajstić information content (AvgIpc) is 2.45. The lowest BCUT2D eigenvalue weighted by Gasteiger charge is -2.39. The quantitative estimate of drug-likeness (QED) is 0.159. The van der Waals surface area contributed by atoms with Gasteiger partial charge in [0.25, 0.3) is 0 Å². The summed E-state index contributed by atoms with van der Waals surface area (Å²) >= 11 is 0.800. The number of hydrogen-bond donors (Lipinski definition) is 5. The highest BCUT2D eigenvalue weighted by atomic mass is 32.2. The molecule has 0 radical (unpaired) electrons. The maximum absolute atomic E-state index is 11.0. The maximum Gasteiger partial charge on any atom is 0.147 e. The molecule has 22 heavy (non-hydrogen) atoms. The first-order valence-corrected chi connectivity index (χ1v) is 9.49. The van der Waals surface area contributed by atoms with Gasteiger partial charge in [0, 0.05) is 12.7 Å². The third-order valence-corrected chi connectivity index (χ3v) is 5.33. The number of aliphatic hydroxyl groups excluding tert-OH is 4. The van der Waals surface area contributed by atoms with Gasteiger partial charge < -0.3 is 30.4 Å².